The van der Waals surface area contributed by atoms with Gasteiger partial charge >= 0.3 is 0 Å². The maximum Gasteiger partial charge on any atom is 0.157 e. The molecular formula is C13H23N3O. The number of ether oxygens (including phenoxy) is 1. The molecule has 1 aromatic rings. The van der Waals surface area contributed by atoms with Crippen LogP contribution >= 0.6 is 0 Å². The summed E-state index contributed by atoms with van der Waals surface area (Å²) in [5.74, 6) is 0.767. The summed E-state index contributed by atoms with van der Waals surface area (Å²) < 4.78 is 5.57. The Kier molecular flexibility index (Phi) is 6.08. The first kappa shape index (κ1) is 14.1. The van der Waals surface area contributed by atoms with E-state index in [0.29, 0.717) is 6.61 Å². The Hall–Kier alpha value is -1.00. The lowest BCUT2D eigenvalue weighted by molar-refractivity contribution is 0.0534. The minimum absolute atomic E-state index is 0.00824. The van der Waals surface area contributed by atoms with E-state index in [4.69, 9.17) is 10.5 Å². The van der Waals surface area contributed by atoms with E-state index in [1.54, 1.807) is 0 Å². The van der Waals surface area contributed by atoms with Crippen molar-refractivity contribution in [3.05, 3.63) is 23.8 Å². The van der Waals surface area contributed by atoms with Crippen LogP contribution in [0, 0.1) is 0 Å². The molecular weight excluding hydrogens is 214 g/mol. The number of aromatic nitrogens is 2. The largest absolute Gasteiger partial charge is 0.371 e. The minimum Gasteiger partial charge on any atom is -0.371 e. The third kappa shape index (κ3) is 4.40. The van der Waals surface area contributed by atoms with Gasteiger partial charge in [-0.3, -0.25) is 0 Å². The molecule has 0 bridgehead atoms. The summed E-state index contributed by atoms with van der Waals surface area (Å²) in [6, 6.07) is 0.193. The maximum atomic E-state index is 5.90. The lowest BCUT2D eigenvalue weighted by Crippen LogP contribution is -2.21. The van der Waals surface area contributed by atoms with E-state index in [1.165, 1.54) is 0 Å². The van der Waals surface area contributed by atoms with Crippen molar-refractivity contribution in [2.75, 3.05) is 6.61 Å². The lowest BCUT2D eigenvalue weighted by atomic mass is 10.1. The van der Waals surface area contributed by atoms with Crippen molar-refractivity contribution >= 4 is 0 Å². The number of nitrogens with two attached hydrogens (primary N) is 1. The van der Waals surface area contributed by atoms with Gasteiger partial charge in [-0.25, -0.2) is 9.97 Å². The SMILES string of the molecule is CCOC(CC)c1ncc(CC(N)CC)cn1. The van der Waals surface area contributed by atoms with Gasteiger partial charge in [-0.05, 0) is 31.7 Å². The fraction of sp³-hybridized carbons (Fsp3) is 0.692. The van der Waals surface area contributed by atoms with E-state index < -0.39 is 0 Å². The van der Waals surface area contributed by atoms with Crippen LogP contribution in [0.25, 0.3) is 0 Å². The van der Waals surface area contributed by atoms with Crippen molar-refractivity contribution in [1.29, 1.82) is 0 Å². The molecule has 0 fully saturated rings. The molecule has 0 saturated carbocycles. The zero-order valence-electron chi connectivity index (χ0n) is 11.0. The Balaban J connectivity index is 2.66. The van der Waals surface area contributed by atoms with Gasteiger partial charge in [-0.15, -0.1) is 0 Å². The summed E-state index contributed by atoms with van der Waals surface area (Å²) in [5.41, 5.74) is 6.99. The zero-order valence-corrected chi connectivity index (χ0v) is 11.0. The molecule has 0 aliphatic heterocycles. The highest BCUT2D eigenvalue weighted by atomic mass is 16.5. The van der Waals surface area contributed by atoms with Gasteiger partial charge in [0.15, 0.2) is 5.82 Å². The van der Waals surface area contributed by atoms with Gasteiger partial charge in [0.2, 0.25) is 0 Å². The zero-order chi connectivity index (χ0) is 12.7. The van der Waals surface area contributed by atoms with E-state index in [0.717, 1.165) is 30.7 Å². The first-order valence-electron chi connectivity index (χ1n) is 6.39. The first-order chi connectivity index (χ1) is 8.21. The standard InChI is InChI=1S/C13H23N3O/c1-4-11(14)7-10-8-15-13(16-9-10)12(5-2)17-6-3/h8-9,11-12H,4-7,14H2,1-3H3. The number of hydrogen-bond acceptors (Lipinski definition) is 4. The van der Waals surface area contributed by atoms with Gasteiger partial charge in [0, 0.05) is 25.0 Å². The fourth-order valence-electron chi connectivity index (χ4n) is 1.66. The van der Waals surface area contributed by atoms with Crippen LogP contribution < -0.4 is 5.73 Å². The van der Waals surface area contributed by atoms with Crippen LogP contribution in [-0.4, -0.2) is 22.6 Å². The van der Waals surface area contributed by atoms with E-state index in [2.05, 4.69) is 23.8 Å². The van der Waals surface area contributed by atoms with Crippen molar-refractivity contribution in [1.82, 2.24) is 9.97 Å². The molecule has 0 spiro atoms. The quantitative estimate of drug-likeness (QED) is 0.790. The summed E-state index contributed by atoms with van der Waals surface area (Å²) in [6.07, 6.45) is 6.43. The molecule has 0 saturated heterocycles. The Morgan fingerprint density at radius 2 is 1.82 bits per heavy atom. The van der Waals surface area contributed by atoms with Gasteiger partial charge in [-0.1, -0.05) is 13.8 Å². The molecule has 2 unspecified atom stereocenters. The Labute approximate surface area is 104 Å². The highest BCUT2D eigenvalue weighted by molar-refractivity contribution is 5.08. The molecule has 0 aromatic carbocycles. The van der Waals surface area contributed by atoms with Crippen molar-refractivity contribution in [3.8, 4) is 0 Å². The highest BCUT2D eigenvalue weighted by Crippen LogP contribution is 2.16. The van der Waals surface area contributed by atoms with Crippen molar-refractivity contribution in [3.63, 3.8) is 0 Å². The second-order valence-electron chi connectivity index (χ2n) is 4.17. The fourth-order valence-corrected chi connectivity index (χ4v) is 1.66. The second-order valence-corrected chi connectivity index (χ2v) is 4.17. The topological polar surface area (TPSA) is 61.0 Å². The molecule has 2 N–H and O–H groups in total. The molecule has 17 heavy (non-hydrogen) atoms. The molecule has 1 aromatic heterocycles. The second kappa shape index (κ2) is 7.35. The monoisotopic (exact) mass is 237 g/mol. The van der Waals surface area contributed by atoms with Crippen LogP contribution in [0.1, 0.15) is 51.1 Å². The molecule has 96 valence electrons. The van der Waals surface area contributed by atoms with E-state index in [1.807, 2.05) is 19.3 Å². The minimum atomic E-state index is 0.00824. The third-order valence-corrected chi connectivity index (χ3v) is 2.77. The molecule has 4 nitrogen and oxygen atoms in total. The van der Waals surface area contributed by atoms with Crippen LogP contribution in [0.4, 0.5) is 0 Å². The van der Waals surface area contributed by atoms with Gasteiger partial charge < -0.3 is 10.5 Å². The third-order valence-electron chi connectivity index (χ3n) is 2.77. The summed E-state index contributed by atoms with van der Waals surface area (Å²) >= 11 is 0. The van der Waals surface area contributed by atoms with Gasteiger partial charge in [0.05, 0.1) is 0 Å². The summed E-state index contributed by atoms with van der Waals surface area (Å²) in [7, 11) is 0. The maximum absolute atomic E-state index is 5.90. The van der Waals surface area contributed by atoms with Gasteiger partial charge in [-0.2, -0.15) is 0 Å². The predicted molar refractivity (Wildman–Crippen MR) is 68.7 cm³/mol. The van der Waals surface area contributed by atoms with E-state index >= 15 is 0 Å². The van der Waals surface area contributed by atoms with Crippen molar-refractivity contribution < 1.29 is 4.74 Å². The Morgan fingerprint density at radius 3 is 2.29 bits per heavy atom. The molecule has 0 aliphatic carbocycles. The molecule has 1 rings (SSSR count). The number of rotatable bonds is 7. The predicted octanol–water partition coefficient (Wildman–Crippen LogP) is 2.24. The molecule has 0 amide bonds. The van der Waals surface area contributed by atoms with Crippen molar-refractivity contribution in [2.45, 2.75) is 52.2 Å². The normalized spacial score (nSPS) is 14.6. The summed E-state index contributed by atoms with van der Waals surface area (Å²) in [5, 5.41) is 0. The van der Waals surface area contributed by atoms with Crippen LogP contribution in [0.5, 0.6) is 0 Å². The van der Waals surface area contributed by atoms with Gasteiger partial charge in [0.1, 0.15) is 6.10 Å². The highest BCUT2D eigenvalue weighted by Gasteiger charge is 2.12. The Morgan fingerprint density at radius 1 is 1.18 bits per heavy atom. The van der Waals surface area contributed by atoms with Crippen LogP contribution in [0.15, 0.2) is 12.4 Å². The molecule has 0 radical (unpaired) electrons. The van der Waals surface area contributed by atoms with Crippen molar-refractivity contribution in [2.24, 2.45) is 5.73 Å². The average Bonchev–Trinajstić information content (AvgIpc) is 2.37. The Bertz CT molecular complexity index is 313. The lowest BCUT2D eigenvalue weighted by Gasteiger charge is -2.14. The average molecular weight is 237 g/mol. The van der Waals surface area contributed by atoms with Gasteiger partial charge in [0.25, 0.3) is 0 Å². The van der Waals surface area contributed by atoms with E-state index in [9.17, 15) is 0 Å². The molecule has 2 atom stereocenters. The molecule has 1 heterocycles. The smallest absolute Gasteiger partial charge is 0.157 e. The number of nitrogens with zero attached hydrogens (tertiary/aromatic N) is 2. The van der Waals surface area contributed by atoms with Crippen LogP contribution in [0.2, 0.25) is 0 Å². The summed E-state index contributed by atoms with van der Waals surface area (Å²) in [6.45, 7) is 6.83. The van der Waals surface area contributed by atoms with Crippen LogP contribution in [-0.2, 0) is 11.2 Å². The first-order valence-corrected chi connectivity index (χ1v) is 6.39. The van der Waals surface area contributed by atoms with E-state index in [-0.39, 0.29) is 12.1 Å². The molecule has 4 heteroatoms. The summed E-state index contributed by atoms with van der Waals surface area (Å²) in [4.78, 5) is 8.73. The molecule has 0 aliphatic rings. The number of hydrogen-bond donors (Lipinski definition) is 1. The van der Waals surface area contributed by atoms with Crippen LogP contribution in [0.3, 0.4) is 0 Å².